The summed E-state index contributed by atoms with van der Waals surface area (Å²) in [6, 6.07) is 8.58. The molecule has 4 aromatic rings. The highest BCUT2D eigenvalue weighted by Crippen LogP contribution is 2.35. The van der Waals surface area contributed by atoms with E-state index in [1.807, 2.05) is 41.5 Å². The molecule has 0 aliphatic carbocycles. The number of nitrogens with two attached hydrogens (primary N) is 1. The molecule has 0 spiro atoms. The van der Waals surface area contributed by atoms with Crippen LogP contribution in [0.1, 0.15) is 103 Å². The number of carbonyl (C=O) groups excluding carboxylic acids is 1. The summed E-state index contributed by atoms with van der Waals surface area (Å²) in [6.07, 6.45) is 5.51. The van der Waals surface area contributed by atoms with Crippen molar-refractivity contribution in [1.82, 2.24) is 19.6 Å². The highest BCUT2D eigenvalue weighted by Gasteiger charge is 2.32. The molecule has 65 heavy (non-hydrogen) atoms. The summed E-state index contributed by atoms with van der Waals surface area (Å²) < 4.78 is 71.9. The van der Waals surface area contributed by atoms with E-state index in [1.54, 1.807) is 6.07 Å². The first-order valence-electron chi connectivity index (χ1n) is 21.3. The first-order chi connectivity index (χ1) is 30.7. The molecule has 1 amide bonds. The number of hydrogen-bond donors (Lipinski definition) is 5. The zero-order valence-electron chi connectivity index (χ0n) is 37.5. The number of amidine groups is 2. The summed E-state index contributed by atoms with van der Waals surface area (Å²) in [7, 11) is -6.92. The summed E-state index contributed by atoms with van der Waals surface area (Å²) in [6.45, 7) is 12.4. The number of primary amides is 1. The van der Waals surface area contributed by atoms with E-state index in [2.05, 4.69) is 29.6 Å². The molecule has 0 atom stereocenters. The van der Waals surface area contributed by atoms with E-state index in [4.69, 9.17) is 15.2 Å². The molecule has 6 rings (SSSR count). The monoisotopic (exact) mass is 939 g/mol. The molecule has 4 heterocycles. The smallest absolute Gasteiger partial charge is 0.286 e. The second-order valence-corrected chi connectivity index (χ2v) is 19.5. The molecule has 0 bridgehead atoms. The number of sulfonamides is 2. The van der Waals surface area contributed by atoms with Crippen molar-refractivity contribution >= 4 is 49.0 Å². The average Bonchev–Trinajstić information content (AvgIpc) is 3.24. The Bertz CT molecular complexity index is 2840. The minimum absolute atomic E-state index is 0.0597. The molecule has 0 unspecified atom stereocenters. The third-order valence-corrected chi connectivity index (χ3v) is 12.9. The van der Waals surface area contributed by atoms with Crippen LogP contribution in [0.25, 0.3) is 0 Å². The van der Waals surface area contributed by atoms with Gasteiger partial charge in [0, 0.05) is 25.2 Å². The van der Waals surface area contributed by atoms with Crippen molar-refractivity contribution in [2.75, 3.05) is 24.4 Å². The van der Waals surface area contributed by atoms with Crippen molar-refractivity contribution < 1.29 is 41.3 Å². The van der Waals surface area contributed by atoms with Crippen molar-refractivity contribution in [3.8, 4) is 23.0 Å². The van der Waals surface area contributed by atoms with Crippen molar-refractivity contribution in [3.05, 3.63) is 79.6 Å². The Morgan fingerprint density at radius 3 is 1.52 bits per heavy atom. The molecule has 352 valence electrons. The number of benzene rings is 2. The van der Waals surface area contributed by atoms with Crippen LogP contribution in [0.5, 0.6) is 23.0 Å². The van der Waals surface area contributed by atoms with E-state index in [-0.39, 0.29) is 61.2 Å². The lowest BCUT2D eigenvalue weighted by Crippen LogP contribution is -2.34. The maximum absolute atomic E-state index is 13.2. The second-order valence-electron chi connectivity index (χ2n) is 16.3. The van der Waals surface area contributed by atoms with E-state index < -0.39 is 43.7 Å². The van der Waals surface area contributed by atoms with Crippen LogP contribution >= 0.6 is 0 Å². The van der Waals surface area contributed by atoms with Gasteiger partial charge in [-0.25, -0.2) is 9.36 Å². The van der Waals surface area contributed by atoms with Crippen molar-refractivity contribution in [3.63, 3.8) is 0 Å². The minimum Gasteiger partial charge on any atom is -0.505 e. The number of rotatable bonds is 18. The number of aromatic nitrogens is 4. The van der Waals surface area contributed by atoms with Crippen LogP contribution in [0.15, 0.2) is 64.6 Å². The van der Waals surface area contributed by atoms with Gasteiger partial charge in [0.25, 0.3) is 37.1 Å². The third-order valence-electron chi connectivity index (χ3n) is 10.3. The average molecular weight is 940 g/mol. The number of anilines is 2. The zero-order chi connectivity index (χ0) is 47.8. The summed E-state index contributed by atoms with van der Waals surface area (Å²) in [5.74, 6) is -0.773. The Morgan fingerprint density at radius 1 is 0.723 bits per heavy atom. The van der Waals surface area contributed by atoms with Crippen LogP contribution in [0.3, 0.4) is 0 Å². The van der Waals surface area contributed by atoms with Gasteiger partial charge >= 0.3 is 0 Å². The van der Waals surface area contributed by atoms with Gasteiger partial charge in [-0.3, -0.25) is 14.4 Å². The molecule has 0 saturated heterocycles. The maximum Gasteiger partial charge on any atom is 0.286 e. The first kappa shape index (κ1) is 49.7. The lowest BCUT2D eigenvalue weighted by atomic mass is 10.1. The van der Waals surface area contributed by atoms with Crippen LogP contribution in [0, 0.1) is 11.8 Å². The Kier molecular flexibility index (Phi) is 16.2. The van der Waals surface area contributed by atoms with Crippen molar-refractivity contribution in [2.45, 2.75) is 116 Å². The molecule has 2 aliphatic rings. The number of nitrogens with zero attached hydrogens (tertiary/aromatic N) is 6. The van der Waals surface area contributed by atoms with Gasteiger partial charge in [0.05, 0.1) is 18.5 Å². The Hall–Kier alpha value is -6.29. The number of unbranched alkanes of at least 4 members (excludes halogenated alkanes) is 2. The fourth-order valence-electron chi connectivity index (χ4n) is 6.61. The molecule has 2 aromatic heterocycles. The molecule has 0 fully saturated rings. The SMILES string of the molecule is CCCCc1nn(CCC(C)C)c(=O)c(C2=NS(=O)(=O)c3cc(OC)ccc3N2)c1O.CCCCc1nn(CCC(C)C)c(=O)c(C2=NS(=O)(=O)c3cc(OCC(N)=O)ccc3N2)c1O. The van der Waals surface area contributed by atoms with Gasteiger partial charge in [0.1, 0.15) is 43.8 Å². The molecule has 2 aliphatic heterocycles. The predicted octanol–water partition coefficient (Wildman–Crippen LogP) is 4.67. The number of hydrogen-bond acceptors (Lipinski definition) is 15. The number of carbonyl (C=O) groups is 1. The Balaban J connectivity index is 0.000000245. The molecule has 6 N–H and O–H groups in total. The quantitative estimate of drug-likeness (QED) is 0.0906. The normalized spacial score (nSPS) is 14.5. The number of amides is 1. The van der Waals surface area contributed by atoms with Crippen LogP contribution in [-0.2, 0) is 50.8 Å². The molecule has 0 saturated carbocycles. The lowest BCUT2D eigenvalue weighted by molar-refractivity contribution is -0.119. The number of methoxy groups -OCH3 is 1. The predicted molar refractivity (Wildman–Crippen MR) is 245 cm³/mol. The van der Waals surface area contributed by atoms with Gasteiger partial charge in [-0.15, -0.1) is 8.80 Å². The maximum atomic E-state index is 13.2. The summed E-state index contributed by atoms with van der Waals surface area (Å²) >= 11 is 0. The van der Waals surface area contributed by atoms with E-state index >= 15 is 0 Å². The Labute approximate surface area is 377 Å². The van der Waals surface area contributed by atoms with Crippen LogP contribution in [0.2, 0.25) is 0 Å². The lowest BCUT2D eigenvalue weighted by Gasteiger charge is -2.20. The van der Waals surface area contributed by atoms with E-state index in [9.17, 15) is 41.4 Å². The highest BCUT2D eigenvalue weighted by molar-refractivity contribution is 7.91. The molecular formula is C43H57N9O11S2. The van der Waals surface area contributed by atoms with Gasteiger partial charge < -0.3 is 36.1 Å². The van der Waals surface area contributed by atoms with Crippen LogP contribution in [-0.4, -0.2) is 77.9 Å². The van der Waals surface area contributed by atoms with Crippen LogP contribution < -0.4 is 37.0 Å². The molecule has 22 heteroatoms. The van der Waals surface area contributed by atoms with Crippen LogP contribution in [0.4, 0.5) is 11.4 Å². The summed E-state index contributed by atoms with van der Waals surface area (Å²) in [4.78, 5) is 37.1. The molecule has 0 radical (unpaired) electrons. The molecular weight excluding hydrogens is 883 g/mol. The fraction of sp³-hybridized carbons (Fsp3) is 0.465. The number of aromatic hydroxyl groups is 2. The molecule has 2 aromatic carbocycles. The van der Waals surface area contributed by atoms with Gasteiger partial charge in [0.15, 0.2) is 29.8 Å². The zero-order valence-corrected chi connectivity index (χ0v) is 39.2. The standard InChI is InChI=1S/C22H29N5O6S.C21H28N4O5S/c1-4-5-6-16-20(29)19(22(30)27(25-16)10-9-13(2)3)21-24-15-8-7-14(33-12-18(23)28)11-17(15)34(31,32)26-21;1-5-6-7-16-19(26)18(21(27)25(23-16)11-10-13(2)3)20-22-15-9-8-14(30-4)12-17(15)31(28,29)24-20/h7-8,11,13,29H,4-6,9-10,12H2,1-3H3,(H2,23,28)(H,24,26);8-9,12-13,26H,5-7,10-11H2,1-4H3,(H,22,24). The summed E-state index contributed by atoms with van der Waals surface area (Å²) in [5, 5.41) is 36.1. The van der Waals surface area contributed by atoms with E-state index in [0.29, 0.717) is 67.7 Å². The topological polar surface area (TPSA) is 289 Å². The minimum atomic E-state index is -4.25. The van der Waals surface area contributed by atoms with E-state index in [0.717, 1.165) is 25.7 Å². The second kappa shape index (κ2) is 21.1. The van der Waals surface area contributed by atoms with Gasteiger partial charge in [0.2, 0.25) is 0 Å². The van der Waals surface area contributed by atoms with Crippen molar-refractivity contribution in [1.29, 1.82) is 0 Å². The first-order valence-corrected chi connectivity index (χ1v) is 24.2. The number of ether oxygens (including phenoxy) is 2. The van der Waals surface area contributed by atoms with Gasteiger partial charge in [-0.1, -0.05) is 54.4 Å². The van der Waals surface area contributed by atoms with Gasteiger partial charge in [-0.05, 0) is 74.6 Å². The highest BCUT2D eigenvalue weighted by atomic mass is 32.2. The summed E-state index contributed by atoms with van der Waals surface area (Å²) in [5.41, 5.74) is 4.47. The Morgan fingerprint density at radius 2 is 1.14 bits per heavy atom. The number of fused-ring (bicyclic) bond motifs is 2. The third kappa shape index (κ3) is 11.9. The number of nitrogens with one attached hydrogen (secondary N) is 2. The number of aryl methyl sites for hydroxylation is 4. The van der Waals surface area contributed by atoms with E-state index in [1.165, 1.54) is 46.8 Å². The molecule has 20 nitrogen and oxygen atoms in total. The fourth-order valence-corrected chi connectivity index (χ4v) is 8.88. The van der Waals surface area contributed by atoms with Gasteiger partial charge in [-0.2, -0.15) is 27.0 Å². The largest absolute Gasteiger partial charge is 0.505 e. The van der Waals surface area contributed by atoms with Crippen molar-refractivity contribution in [2.24, 2.45) is 26.4 Å².